The lowest BCUT2D eigenvalue weighted by Crippen LogP contribution is -2.28. The number of alkyl carbamates (subject to hydrolysis) is 1. The third-order valence-corrected chi connectivity index (χ3v) is 4.01. The molecule has 0 aliphatic carbocycles. The Bertz CT molecular complexity index is 797. The van der Waals surface area contributed by atoms with Crippen LogP contribution in [0, 0.1) is 0 Å². The van der Waals surface area contributed by atoms with Gasteiger partial charge in [0.1, 0.15) is 19.0 Å². The molecule has 1 amide bonds. The lowest BCUT2D eigenvalue weighted by atomic mass is 10.0. The monoisotopic (exact) mass is 427 g/mol. The van der Waals surface area contributed by atoms with Gasteiger partial charge in [0, 0.05) is 6.54 Å². The fourth-order valence-electron chi connectivity index (χ4n) is 2.55. The Hall–Kier alpha value is -2.78. The van der Waals surface area contributed by atoms with E-state index in [1.165, 1.54) is 19.1 Å². The zero-order valence-corrected chi connectivity index (χ0v) is 16.4. The van der Waals surface area contributed by atoms with Crippen molar-refractivity contribution in [3.8, 4) is 5.75 Å². The van der Waals surface area contributed by atoms with E-state index in [1.807, 2.05) is 30.3 Å². The van der Waals surface area contributed by atoms with Gasteiger partial charge in [0.2, 0.25) is 0 Å². The average Bonchev–Trinajstić information content (AvgIpc) is 2.71. The summed E-state index contributed by atoms with van der Waals surface area (Å²) in [5.74, 6) is 0.0259. The first kappa shape index (κ1) is 23.5. The number of carbonyl (C=O) groups is 1. The second-order valence-electron chi connectivity index (χ2n) is 6.37. The summed E-state index contributed by atoms with van der Waals surface area (Å²) in [5.41, 5.74) is -0.276. The molecular formula is C21H24F3NO5. The molecule has 0 aromatic heterocycles. The number of aliphatic hydroxyl groups is 1. The zero-order chi connectivity index (χ0) is 22.0. The molecule has 0 aliphatic rings. The Kier molecular flexibility index (Phi) is 8.94. The van der Waals surface area contributed by atoms with Crippen LogP contribution in [0.2, 0.25) is 0 Å². The summed E-state index contributed by atoms with van der Waals surface area (Å²) in [6.45, 7) is 2.00. The van der Waals surface area contributed by atoms with Crippen molar-refractivity contribution in [1.29, 1.82) is 0 Å². The quantitative estimate of drug-likeness (QED) is 0.559. The van der Waals surface area contributed by atoms with Crippen LogP contribution < -0.4 is 10.1 Å². The first-order valence-electron chi connectivity index (χ1n) is 9.31. The average molecular weight is 427 g/mol. The molecule has 2 aromatic rings. The second-order valence-corrected chi connectivity index (χ2v) is 6.37. The molecule has 1 atom stereocenters. The van der Waals surface area contributed by atoms with Crippen molar-refractivity contribution in [2.24, 2.45) is 0 Å². The van der Waals surface area contributed by atoms with Crippen molar-refractivity contribution < 1.29 is 37.3 Å². The number of carbonyl (C=O) groups excluding carboxylic acids is 1. The number of aliphatic hydroxyl groups excluding tert-OH is 1. The van der Waals surface area contributed by atoms with Crippen LogP contribution in [0.4, 0.5) is 18.0 Å². The van der Waals surface area contributed by atoms with Gasteiger partial charge in [0.15, 0.2) is 0 Å². The number of hydrogen-bond acceptors (Lipinski definition) is 5. The molecule has 0 spiro atoms. The maximum Gasteiger partial charge on any atom is 0.416 e. The SMILES string of the molecule is CC(O)c1ccc(OCCOCCNC(=O)OCc2ccccc2)cc1C(F)(F)F. The van der Waals surface area contributed by atoms with Crippen molar-refractivity contribution in [2.45, 2.75) is 25.8 Å². The molecule has 2 aromatic carbocycles. The van der Waals surface area contributed by atoms with Gasteiger partial charge in [-0.05, 0) is 30.2 Å². The van der Waals surface area contributed by atoms with Crippen LogP contribution in [-0.4, -0.2) is 37.6 Å². The molecule has 0 saturated heterocycles. The van der Waals surface area contributed by atoms with E-state index in [-0.39, 0.29) is 44.3 Å². The summed E-state index contributed by atoms with van der Waals surface area (Å²) in [4.78, 5) is 11.6. The number of benzene rings is 2. The fraction of sp³-hybridized carbons (Fsp3) is 0.381. The molecule has 0 heterocycles. The van der Waals surface area contributed by atoms with Gasteiger partial charge in [-0.3, -0.25) is 0 Å². The highest BCUT2D eigenvalue weighted by Crippen LogP contribution is 2.36. The van der Waals surface area contributed by atoms with Crippen LogP contribution in [0.15, 0.2) is 48.5 Å². The number of rotatable bonds is 10. The van der Waals surface area contributed by atoms with Gasteiger partial charge in [0.05, 0.1) is 24.9 Å². The molecule has 0 saturated carbocycles. The first-order chi connectivity index (χ1) is 14.3. The third kappa shape index (κ3) is 7.92. The number of hydrogen-bond donors (Lipinski definition) is 2. The minimum Gasteiger partial charge on any atom is -0.491 e. The van der Waals surface area contributed by atoms with E-state index < -0.39 is 23.9 Å². The zero-order valence-electron chi connectivity index (χ0n) is 16.4. The predicted octanol–water partition coefficient (Wildman–Crippen LogP) is 4.08. The molecule has 0 fully saturated rings. The molecule has 1 unspecified atom stereocenters. The number of amides is 1. The molecule has 9 heteroatoms. The number of halogens is 3. The Morgan fingerprint density at radius 2 is 1.83 bits per heavy atom. The Morgan fingerprint density at radius 3 is 2.50 bits per heavy atom. The maximum atomic E-state index is 13.1. The van der Waals surface area contributed by atoms with E-state index in [0.29, 0.717) is 0 Å². The van der Waals surface area contributed by atoms with E-state index in [1.54, 1.807) is 0 Å². The van der Waals surface area contributed by atoms with Crippen molar-refractivity contribution in [3.05, 3.63) is 65.2 Å². The van der Waals surface area contributed by atoms with Gasteiger partial charge in [-0.15, -0.1) is 0 Å². The van der Waals surface area contributed by atoms with Crippen LogP contribution in [-0.2, 0) is 22.3 Å². The molecule has 164 valence electrons. The third-order valence-electron chi connectivity index (χ3n) is 4.01. The van der Waals surface area contributed by atoms with Gasteiger partial charge < -0.3 is 24.6 Å². The van der Waals surface area contributed by atoms with Crippen LogP contribution in [0.5, 0.6) is 5.75 Å². The van der Waals surface area contributed by atoms with Gasteiger partial charge in [0.25, 0.3) is 0 Å². The van der Waals surface area contributed by atoms with Crippen LogP contribution >= 0.6 is 0 Å². The first-order valence-corrected chi connectivity index (χ1v) is 9.31. The Morgan fingerprint density at radius 1 is 1.10 bits per heavy atom. The second kappa shape index (κ2) is 11.4. The van der Waals surface area contributed by atoms with E-state index in [2.05, 4.69) is 5.32 Å². The summed E-state index contributed by atoms with van der Waals surface area (Å²) in [6.07, 6.45) is -6.41. The maximum absolute atomic E-state index is 13.1. The highest BCUT2D eigenvalue weighted by Gasteiger charge is 2.34. The van der Waals surface area contributed by atoms with Crippen LogP contribution in [0.25, 0.3) is 0 Å². The molecule has 2 rings (SSSR count). The summed E-state index contributed by atoms with van der Waals surface area (Å²) >= 11 is 0. The van der Waals surface area contributed by atoms with E-state index >= 15 is 0 Å². The van der Waals surface area contributed by atoms with Crippen LogP contribution in [0.1, 0.15) is 29.7 Å². The molecule has 6 nitrogen and oxygen atoms in total. The topological polar surface area (TPSA) is 77.0 Å². The number of nitrogens with one attached hydrogen (secondary N) is 1. The van der Waals surface area contributed by atoms with Gasteiger partial charge in [-0.2, -0.15) is 13.2 Å². The van der Waals surface area contributed by atoms with Crippen molar-refractivity contribution in [3.63, 3.8) is 0 Å². The number of alkyl halides is 3. The van der Waals surface area contributed by atoms with Gasteiger partial charge in [-0.1, -0.05) is 36.4 Å². The highest BCUT2D eigenvalue weighted by molar-refractivity contribution is 5.67. The van der Waals surface area contributed by atoms with Gasteiger partial charge >= 0.3 is 12.3 Å². The molecule has 0 radical (unpaired) electrons. The molecule has 0 aliphatic heterocycles. The van der Waals surface area contributed by atoms with Crippen molar-refractivity contribution in [1.82, 2.24) is 5.32 Å². The number of ether oxygens (including phenoxy) is 3. The van der Waals surface area contributed by atoms with Crippen molar-refractivity contribution in [2.75, 3.05) is 26.4 Å². The minimum absolute atomic E-state index is 0.0259. The lowest BCUT2D eigenvalue weighted by molar-refractivity contribution is -0.139. The molecular weight excluding hydrogens is 403 g/mol. The van der Waals surface area contributed by atoms with E-state index in [9.17, 15) is 23.1 Å². The predicted molar refractivity (Wildman–Crippen MR) is 103 cm³/mol. The minimum atomic E-state index is -4.59. The molecule has 30 heavy (non-hydrogen) atoms. The van der Waals surface area contributed by atoms with Gasteiger partial charge in [-0.25, -0.2) is 4.79 Å². The van der Waals surface area contributed by atoms with Crippen LogP contribution in [0.3, 0.4) is 0 Å². The summed E-state index contributed by atoms with van der Waals surface area (Å²) in [5, 5.41) is 12.0. The van der Waals surface area contributed by atoms with E-state index in [0.717, 1.165) is 11.6 Å². The lowest BCUT2D eigenvalue weighted by Gasteiger charge is -2.16. The molecule has 0 bridgehead atoms. The van der Waals surface area contributed by atoms with Crippen molar-refractivity contribution >= 4 is 6.09 Å². The molecule has 2 N–H and O–H groups in total. The normalized spacial score (nSPS) is 12.3. The largest absolute Gasteiger partial charge is 0.491 e. The standard InChI is InChI=1S/C21H24F3NO5/c1-15(26)18-8-7-17(13-19(18)21(22,23)24)29-12-11-28-10-9-25-20(27)30-14-16-5-3-2-4-6-16/h2-8,13,15,26H,9-12,14H2,1H3,(H,25,27). The summed E-state index contributed by atoms with van der Waals surface area (Å²) in [6, 6.07) is 12.6. The van der Waals surface area contributed by atoms with E-state index in [4.69, 9.17) is 14.2 Å². The summed E-state index contributed by atoms with van der Waals surface area (Å²) in [7, 11) is 0. The fourth-order valence-corrected chi connectivity index (χ4v) is 2.55. The smallest absolute Gasteiger partial charge is 0.416 e. The summed E-state index contributed by atoms with van der Waals surface area (Å²) < 4.78 is 54.9. The Balaban J connectivity index is 1.63. The highest BCUT2D eigenvalue weighted by atomic mass is 19.4. The Labute approximate surface area is 172 Å².